The number of likely N-dealkylation sites (N-methyl/N-ethyl adjacent to an activating group) is 1. The van der Waals surface area contributed by atoms with E-state index in [4.69, 9.17) is 9.52 Å². The highest BCUT2D eigenvalue weighted by Gasteiger charge is 2.35. The molecule has 122 valence electrons. The monoisotopic (exact) mass is 309 g/mol. The van der Waals surface area contributed by atoms with E-state index in [1.807, 2.05) is 17.9 Å². The van der Waals surface area contributed by atoms with Crippen molar-refractivity contribution in [3.63, 3.8) is 0 Å². The second-order valence-corrected chi connectivity index (χ2v) is 5.66. The van der Waals surface area contributed by atoms with Crippen LogP contribution in [0.2, 0.25) is 0 Å². The lowest BCUT2D eigenvalue weighted by Crippen LogP contribution is -2.56. The van der Waals surface area contributed by atoms with Crippen molar-refractivity contribution < 1.29 is 19.1 Å². The molecule has 1 saturated carbocycles. The zero-order chi connectivity index (χ0) is 16.1. The largest absolute Gasteiger partial charge is 0.480 e. The summed E-state index contributed by atoms with van der Waals surface area (Å²) in [7, 11) is 1.72. The summed E-state index contributed by atoms with van der Waals surface area (Å²) >= 11 is 0. The second-order valence-electron chi connectivity index (χ2n) is 5.66. The molecule has 1 aromatic rings. The number of furan rings is 1. The predicted molar refractivity (Wildman–Crippen MR) is 80.4 cm³/mol. The van der Waals surface area contributed by atoms with E-state index < -0.39 is 5.97 Å². The number of carbonyl (C=O) groups is 2. The van der Waals surface area contributed by atoms with Crippen LogP contribution in [0.25, 0.3) is 0 Å². The summed E-state index contributed by atoms with van der Waals surface area (Å²) in [6, 6.07) is 3.83. The van der Waals surface area contributed by atoms with E-state index in [0.717, 1.165) is 18.6 Å². The van der Waals surface area contributed by atoms with Crippen molar-refractivity contribution in [3.05, 3.63) is 24.2 Å². The molecule has 1 fully saturated rings. The van der Waals surface area contributed by atoms with Gasteiger partial charge in [-0.1, -0.05) is 6.92 Å². The van der Waals surface area contributed by atoms with Gasteiger partial charge in [0, 0.05) is 19.1 Å². The molecule has 0 aromatic carbocycles. The summed E-state index contributed by atoms with van der Waals surface area (Å²) in [4.78, 5) is 26.3. The fraction of sp³-hybridized carbons (Fsp3) is 0.600. The molecule has 22 heavy (non-hydrogen) atoms. The average Bonchev–Trinajstić information content (AvgIpc) is 2.92. The van der Waals surface area contributed by atoms with Crippen molar-refractivity contribution in [1.29, 1.82) is 0 Å². The lowest BCUT2D eigenvalue weighted by Gasteiger charge is -2.42. The van der Waals surface area contributed by atoms with Crippen molar-refractivity contribution in [2.24, 2.45) is 0 Å². The Morgan fingerprint density at radius 2 is 2.18 bits per heavy atom. The maximum atomic E-state index is 12.1. The molecule has 2 amide bonds. The third-order valence-corrected chi connectivity index (χ3v) is 4.02. The number of rotatable bonds is 7. The molecule has 0 atom stereocenters. The van der Waals surface area contributed by atoms with Gasteiger partial charge < -0.3 is 19.7 Å². The van der Waals surface area contributed by atoms with Gasteiger partial charge in [-0.25, -0.2) is 4.79 Å². The molecule has 2 rings (SSSR count). The van der Waals surface area contributed by atoms with Gasteiger partial charge in [-0.05, 0) is 31.5 Å². The van der Waals surface area contributed by atoms with E-state index in [0.29, 0.717) is 13.1 Å². The Balaban J connectivity index is 1.72. The number of nitrogens with one attached hydrogen (secondary N) is 1. The Labute approximate surface area is 129 Å². The van der Waals surface area contributed by atoms with Gasteiger partial charge in [0.05, 0.1) is 19.4 Å². The minimum atomic E-state index is -0.812. The zero-order valence-electron chi connectivity index (χ0n) is 13.0. The van der Waals surface area contributed by atoms with Crippen LogP contribution in [0.3, 0.4) is 0 Å². The Kier molecular flexibility index (Phi) is 5.43. The van der Waals surface area contributed by atoms with Gasteiger partial charge in [0.15, 0.2) is 0 Å². The van der Waals surface area contributed by atoms with E-state index in [9.17, 15) is 9.59 Å². The van der Waals surface area contributed by atoms with Crippen LogP contribution in [0.4, 0.5) is 4.79 Å². The smallest absolute Gasteiger partial charge is 0.317 e. The Morgan fingerprint density at radius 3 is 2.73 bits per heavy atom. The average molecular weight is 309 g/mol. The first kappa shape index (κ1) is 16.4. The maximum Gasteiger partial charge on any atom is 0.317 e. The predicted octanol–water partition coefficient (Wildman–Crippen LogP) is 1.36. The summed E-state index contributed by atoms with van der Waals surface area (Å²) in [5.74, 6) is -0.0738. The van der Waals surface area contributed by atoms with Crippen LogP contribution < -0.4 is 5.32 Å². The molecule has 0 bridgehead atoms. The van der Waals surface area contributed by atoms with Crippen molar-refractivity contribution in [2.75, 3.05) is 20.1 Å². The van der Waals surface area contributed by atoms with Gasteiger partial charge >= 0.3 is 12.0 Å². The van der Waals surface area contributed by atoms with Crippen LogP contribution in [0.5, 0.6) is 0 Å². The number of carboxylic acids is 1. The molecule has 0 saturated heterocycles. The molecule has 1 aromatic heterocycles. The van der Waals surface area contributed by atoms with Crippen molar-refractivity contribution in [1.82, 2.24) is 15.1 Å². The van der Waals surface area contributed by atoms with Crippen molar-refractivity contribution in [2.45, 2.75) is 38.4 Å². The Morgan fingerprint density at radius 1 is 1.45 bits per heavy atom. The van der Waals surface area contributed by atoms with Gasteiger partial charge in [0.1, 0.15) is 5.76 Å². The minimum Gasteiger partial charge on any atom is -0.480 e. The number of aliphatic carboxylic acids is 1. The summed E-state index contributed by atoms with van der Waals surface area (Å²) < 4.78 is 5.22. The topological polar surface area (TPSA) is 86.0 Å². The van der Waals surface area contributed by atoms with Crippen molar-refractivity contribution in [3.8, 4) is 0 Å². The highest BCUT2D eigenvalue weighted by Crippen LogP contribution is 2.25. The van der Waals surface area contributed by atoms with E-state index in [1.54, 1.807) is 24.3 Å². The summed E-state index contributed by atoms with van der Waals surface area (Å²) in [5, 5.41) is 11.8. The van der Waals surface area contributed by atoms with Crippen LogP contribution >= 0.6 is 0 Å². The highest BCUT2D eigenvalue weighted by atomic mass is 16.4. The molecule has 1 heterocycles. The number of amides is 2. The van der Waals surface area contributed by atoms with Gasteiger partial charge in [0.25, 0.3) is 0 Å². The SMILES string of the molecule is CCN(CC(=O)O)C1CC(NC(=O)N(C)Cc2ccco2)C1. The van der Waals surface area contributed by atoms with E-state index in [2.05, 4.69) is 5.32 Å². The molecule has 0 radical (unpaired) electrons. The molecule has 1 aliphatic rings. The molecular weight excluding hydrogens is 286 g/mol. The minimum absolute atomic E-state index is 0.0558. The van der Waals surface area contributed by atoms with Crippen LogP contribution in [0.15, 0.2) is 22.8 Å². The quantitative estimate of drug-likeness (QED) is 0.794. The van der Waals surface area contributed by atoms with Crippen LogP contribution in [0, 0.1) is 0 Å². The van der Waals surface area contributed by atoms with Crippen molar-refractivity contribution >= 4 is 12.0 Å². The third kappa shape index (κ3) is 4.24. The Hall–Kier alpha value is -2.02. The van der Waals surface area contributed by atoms with Crippen LogP contribution in [0.1, 0.15) is 25.5 Å². The zero-order valence-corrected chi connectivity index (χ0v) is 13.0. The highest BCUT2D eigenvalue weighted by molar-refractivity contribution is 5.74. The molecule has 0 spiro atoms. The fourth-order valence-corrected chi connectivity index (χ4v) is 2.67. The fourth-order valence-electron chi connectivity index (χ4n) is 2.67. The molecule has 0 unspecified atom stereocenters. The normalized spacial score (nSPS) is 20.5. The van der Waals surface area contributed by atoms with E-state index in [-0.39, 0.29) is 24.7 Å². The molecule has 2 N–H and O–H groups in total. The molecule has 7 nitrogen and oxygen atoms in total. The molecular formula is C15H23N3O4. The maximum absolute atomic E-state index is 12.1. The lowest BCUT2D eigenvalue weighted by molar-refractivity contribution is -0.139. The van der Waals surface area contributed by atoms with Gasteiger partial charge in [0.2, 0.25) is 0 Å². The number of hydrogen-bond acceptors (Lipinski definition) is 4. The molecule has 1 aliphatic carbocycles. The standard InChI is InChI=1S/C15H23N3O4/c1-3-18(10-14(19)20)12-7-11(8-12)16-15(21)17(2)9-13-5-4-6-22-13/h4-6,11-12H,3,7-10H2,1-2H3,(H,16,21)(H,19,20). The number of urea groups is 1. The first-order valence-electron chi connectivity index (χ1n) is 7.49. The first-order chi connectivity index (χ1) is 10.5. The lowest BCUT2D eigenvalue weighted by atomic mass is 9.85. The summed E-state index contributed by atoms with van der Waals surface area (Å²) in [6.07, 6.45) is 3.17. The van der Waals surface area contributed by atoms with Crippen LogP contribution in [-0.2, 0) is 11.3 Å². The second kappa shape index (κ2) is 7.31. The van der Waals surface area contributed by atoms with E-state index in [1.165, 1.54) is 0 Å². The number of carboxylic acid groups (broad SMARTS) is 1. The molecule has 7 heteroatoms. The first-order valence-corrected chi connectivity index (χ1v) is 7.49. The van der Waals surface area contributed by atoms with Gasteiger partial charge in [-0.15, -0.1) is 0 Å². The van der Waals surface area contributed by atoms with Gasteiger partial charge in [-0.2, -0.15) is 0 Å². The third-order valence-electron chi connectivity index (χ3n) is 4.02. The summed E-state index contributed by atoms with van der Waals surface area (Å²) in [5.41, 5.74) is 0. The number of nitrogens with zero attached hydrogens (tertiary/aromatic N) is 2. The summed E-state index contributed by atoms with van der Waals surface area (Å²) in [6.45, 7) is 3.14. The Bertz CT molecular complexity index is 497. The van der Waals surface area contributed by atoms with E-state index >= 15 is 0 Å². The van der Waals surface area contributed by atoms with Crippen LogP contribution in [-0.4, -0.2) is 59.1 Å². The number of hydrogen-bond donors (Lipinski definition) is 2. The molecule has 0 aliphatic heterocycles. The van der Waals surface area contributed by atoms with Gasteiger partial charge in [-0.3, -0.25) is 9.69 Å². The number of carbonyl (C=O) groups excluding carboxylic acids is 1.